The number of hydrogen-bond donors (Lipinski definition) is 1. The van der Waals surface area contributed by atoms with E-state index in [1.54, 1.807) is 0 Å². The van der Waals surface area contributed by atoms with Crippen molar-refractivity contribution in [2.45, 2.75) is 39.2 Å². The maximum Gasteiger partial charge on any atom is 0.0158 e. The summed E-state index contributed by atoms with van der Waals surface area (Å²) >= 11 is 2.10. The summed E-state index contributed by atoms with van der Waals surface area (Å²) in [7, 11) is 0. The minimum absolute atomic E-state index is 0.786. The third-order valence-electron chi connectivity index (χ3n) is 3.31. The summed E-state index contributed by atoms with van der Waals surface area (Å²) in [6.45, 7) is 8.10. The maximum atomic E-state index is 5.55. The number of thioether (sulfide) groups is 1. The molecule has 1 aliphatic rings. The second-order valence-corrected chi connectivity index (χ2v) is 5.93. The molecule has 2 N–H and O–H groups in total. The van der Waals surface area contributed by atoms with Gasteiger partial charge in [-0.3, -0.25) is 4.90 Å². The Kier molecular flexibility index (Phi) is 6.69. The van der Waals surface area contributed by atoms with E-state index >= 15 is 0 Å². The number of nitrogens with two attached hydrogens (primary N) is 1. The zero-order valence-corrected chi connectivity index (χ0v) is 11.1. The zero-order chi connectivity index (χ0) is 11.1. The summed E-state index contributed by atoms with van der Waals surface area (Å²) in [6.07, 6.45) is 3.87. The third-order valence-corrected chi connectivity index (χ3v) is 4.50. The van der Waals surface area contributed by atoms with Crippen molar-refractivity contribution in [2.24, 2.45) is 11.7 Å². The second-order valence-electron chi connectivity index (χ2n) is 4.78. The first-order chi connectivity index (χ1) is 7.24. The van der Waals surface area contributed by atoms with Gasteiger partial charge < -0.3 is 5.73 Å². The molecule has 0 amide bonds. The molecule has 0 aromatic carbocycles. The topological polar surface area (TPSA) is 29.3 Å². The van der Waals surface area contributed by atoms with Crippen LogP contribution in [0.2, 0.25) is 0 Å². The van der Waals surface area contributed by atoms with Crippen molar-refractivity contribution in [2.75, 3.05) is 31.1 Å². The van der Waals surface area contributed by atoms with E-state index in [1.165, 1.54) is 43.9 Å². The van der Waals surface area contributed by atoms with Gasteiger partial charge in [-0.1, -0.05) is 6.92 Å². The monoisotopic (exact) mass is 230 g/mol. The van der Waals surface area contributed by atoms with E-state index < -0.39 is 0 Å². The molecule has 0 radical (unpaired) electrons. The Morgan fingerprint density at radius 3 is 2.93 bits per heavy atom. The fourth-order valence-corrected chi connectivity index (χ4v) is 3.25. The third kappa shape index (κ3) is 5.23. The highest BCUT2D eigenvalue weighted by Gasteiger charge is 2.17. The molecule has 0 spiro atoms. The van der Waals surface area contributed by atoms with Gasteiger partial charge in [0.25, 0.3) is 0 Å². The summed E-state index contributed by atoms with van der Waals surface area (Å²) in [5, 5.41) is 0. The van der Waals surface area contributed by atoms with Crippen molar-refractivity contribution in [3.8, 4) is 0 Å². The van der Waals surface area contributed by atoms with Crippen LogP contribution in [0.3, 0.4) is 0 Å². The fourth-order valence-electron chi connectivity index (χ4n) is 2.17. The van der Waals surface area contributed by atoms with E-state index in [-0.39, 0.29) is 0 Å². The molecule has 0 saturated carbocycles. The van der Waals surface area contributed by atoms with Crippen LogP contribution in [-0.4, -0.2) is 42.1 Å². The molecule has 1 fully saturated rings. The van der Waals surface area contributed by atoms with Gasteiger partial charge >= 0.3 is 0 Å². The molecule has 0 bridgehead atoms. The first-order valence-corrected chi connectivity index (χ1v) is 7.41. The summed E-state index contributed by atoms with van der Waals surface area (Å²) in [5.74, 6) is 3.45. The van der Waals surface area contributed by atoms with Crippen molar-refractivity contribution in [3.63, 3.8) is 0 Å². The van der Waals surface area contributed by atoms with E-state index in [4.69, 9.17) is 5.73 Å². The van der Waals surface area contributed by atoms with Crippen LogP contribution in [0.4, 0.5) is 0 Å². The standard InChI is InChI=1S/C12H26N2S/c1-11(5-6-13)4-3-7-14-8-9-15-10-12(14)2/h11-12H,3-10,13H2,1-2H3. The molecule has 15 heavy (non-hydrogen) atoms. The Labute approximate surface area is 99.0 Å². The number of hydrogen-bond acceptors (Lipinski definition) is 3. The smallest absolute Gasteiger partial charge is 0.0158 e. The molecule has 1 aliphatic heterocycles. The van der Waals surface area contributed by atoms with Crippen LogP contribution >= 0.6 is 11.8 Å². The van der Waals surface area contributed by atoms with Gasteiger partial charge in [-0.2, -0.15) is 11.8 Å². The van der Waals surface area contributed by atoms with Gasteiger partial charge in [-0.15, -0.1) is 0 Å². The Morgan fingerprint density at radius 1 is 1.47 bits per heavy atom. The predicted molar refractivity (Wildman–Crippen MR) is 70.4 cm³/mol. The van der Waals surface area contributed by atoms with E-state index in [0.29, 0.717) is 0 Å². The summed E-state index contributed by atoms with van der Waals surface area (Å²) < 4.78 is 0. The van der Waals surface area contributed by atoms with E-state index in [9.17, 15) is 0 Å². The van der Waals surface area contributed by atoms with E-state index in [2.05, 4.69) is 30.5 Å². The highest BCUT2D eigenvalue weighted by atomic mass is 32.2. The zero-order valence-electron chi connectivity index (χ0n) is 10.2. The molecular weight excluding hydrogens is 204 g/mol. The molecule has 1 saturated heterocycles. The van der Waals surface area contributed by atoms with Crippen molar-refractivity contribution < 1.29 is 0 Å². The summed E-state index contributed by atoms with van der Waals surface area (Å²) in [6, 6.07) is 0.786. The largest absolute Gasteiger partial charge is 0.330 e. The first-order valence-electron chi connectivity index (χ1n) is 6.26. The first kappa shape index (κ1) is 13.3. The normalized spacial score (nSPS) is 25.4. The molecule has 2 unspecified atom stereocenters. The van der Waals surface area contributed by atoms with Gasteiger partial charge in [0.1, 0.15) is 0 Å². The van der Waals surface area contributed by atoms with E-state index in [1.807, 2.05) is 0 Å². The molecule has 0 aromatic rings. The lowest BCUT2D eigenvalue weighted by atomic mass is 10.0. The summed E-state index contributed by atoms with van der Waals surface area (Å²) in [4.78, 5) is 2.64. The molecule has 2 atom stereocenters. The summed E-state index contributed by atoms with van der Waals surface area (Å²) in [5.41, 5.74) is 5.55. The van der Waals surface area contributed by atoms with Crippen LogP contribution in [0.15, 0.2) is 0 Å². The van der Waals surface area contributed by atoms with Crippen molar-refractivity contribution >= 4 is 11.8 Å². The number of rotatable bonds is 6. The highest BCUT2D eigenvalue weighted by Crippen LogP contribution is 2.17. The lowest BCUT2D eigenvalue weighted by Crippen LogP contribution is -2.40. The predicted octanol–water partition coefficient (Wildman–Crippen LogP) is 2.19. The van der Waals surface area contributed by atoms with Gasteiger partial charge in [0, 0.05) is 24.1 Å². The Balaban J connectivity index is 2.08. The van der Waals surface area contributed by atoms with Crippen LogP contribution in [0.5, 0.6) is 0 Å². The van der Waals surface area contributed by atoms with Gasteiger partial charge in [0.15, 0.2) is 0 Å². The molecule has 3 heteroatoms. The minimum Gasteiger partial charge on any atom is -0.330 e. The molecule has 90 valence electrons. The average Bonchev–Trinajstić information content (AvgIpc) is 2.21. The number of nitrogens with zero attached hydrogens (tertiary/aromatic N) is 1. The minimum atomic E-state index is 0.786. The van der Waals surface area contributed by atoms with Gasteiger partial charge in [-0.05, 0) is 45.2 Å². The Hall–Kier alpha value is 0.270. The maximum absolute atomic E-state index is 5.55. The highest BCUT2D eigenvalue weighted by molar-refractivity contribution is 7.99. The second kappa shape index (κ2) is 7.53. The van der Waals surface area contributed by atoms with Crippen molar-refractivity contribution in [1.82, 2.24) is 4.90 Å². The quantitative estimate of drug-likeness (QED) is 0.758. The van der Waals surface area contributed by atoms with Crippen LogP contribution < -0.4 is 5.73 Å². The Morgan fingerprint density at radius 2 is 2.27 bits per heavy atom. The lowest BCUT2D eigenvalue weighted by molar-refractivity contribution is 0.223. The molecule has 1 heterocycles. The van der Waals surface area contributed by atoms with Crippen LogP contribution in [-0.2, 0) is 0 Å². The molecule has 1 rings (SSSR count). The van der Waals surface area contributed by atoms with Crippen LogP contribution in [0.1, 0.15) is 33.1 Å². The average molecular weight is 230 g/mol. The van der Waals surface area contributed by atoms with Gasteiger partial charge in [0.05, 0.1) is 0 Å². The molecule has 0 aromatic heterocycles. The van der Waals surface area contributed by atoms with Gasteiger partial charge in [0.2, 0.25) is 0 Å². The van der Waals surface area contributed by atoms with Gasteiger partial charge in [-0.25, -0.2) is 0 Å². The molecule has 2 nitrogen and oxygen atoms in total. The lowest BCUT2D eigenvalue weighted by Gasteiger charge is -2.33. The molecule has 0 aliphatic carbocycles. The van der Waals surface area contributed by atoms with Crippen molar-refractivity contribution in [1.29, 1.82) is 0 Å². The Bertz CT molecular complexity index is 164. The SMILES string of the molecule is CC(CCN)CCCN1CCSCC1C. The molecular formula is C12H26N2S. The van der Waals surface area contributed by atoms with Crippen LogP contribution in [0.25, 0.3) is 0 Å². The van der Waals surface area contributed by atoms with E-state index in [0.717, 1.165) is 18.5 Å². The van der Waals surface area contributed by atoms with Crippen LogP contribution in [0, 0.1) is 5.92 Å². The van der Waals surface area contributed by atoms with Crippen molar-refractivity contribution in [3.05, 3.63) is 0 Å². The fraction of sp³-hybridized carbons (Fsp3) is 1.00.